The molecule has 0 aliphatic carbocycles. The van der Waals surface area contributed by atoms with Crippen molar-refractivity contribution < 1.29 is 36.3 Å². The number of aliphatic imine (C=N–C) groups is 1. The van der Waals surface area contributed by atoms with E-state index in [9.17, 15) is 27.2 Å². The van der Waals surface area contributed by atoms with E-state index in [1.54, 1.807) is 0 Å². The number of benzene rings is 1. The quantitative estimate of drug-likeness (QED) is 0.594. The van der Waals surface area contributed by atoms with Crippen LogP contribution in [0.15, 0.2) is 35.6 Å². The van der Waals surface area contributed by atoms with Crippen LogP contribution < -0.4 is 11.1 Å². The molecule has 2 aliphatic heterocycles. The Kier molecular flexibility index (Phi) is 6.41. The monoisotopic (exact) mass is 512 g/mol. The van der Waals surface area contributed by atoms with Crippen molar-refractivity contribution in [2.45, 2.75) is 37.8 Å². The van der Waals surface area contributed by atoms with Crippen molar-refractivity contribution in [2.75, 3.05) is 18.5 Å². The average molecular weight is 512 g/mol. The van der Waals surface area contributed by atoms with Gasteiger partial charge in [-0.3, -0.25) is 19.5 Å². The van der Waals surface area contributed by atoms with Gasteiger partial charge in [0, 0.05) is 17.8 Å². The lowest BCUT2D eigenvalue weighted by Crippen LogP contribution is -2.58. The first-order valence-electron chi connectivity index (χ1n) is 10.8. The van der Waals surface area contributed by atoms with Crippen LogP contribution in [0.4, 0.5) is 27.6 Å². The van der Waals surface area contributed by atoms with Crippen LogP contribution in [-0.4, -0.2) is 58.1 Å². The number of carbonyl (C=O) groups excluding carboxylic acids is 2. The Morgan fingerprint density at radius 3 is 2.64 bits per heavy atom. The summed E-state index contributed by atoms with van der Waals surface area (Å²) in [6.45, 7) is 1.93. The molecule has 3 heterocycles. The zero-order valence-corrected chi connectivity index (χ0v) is 19.0. The third kappa shape index (κ3) is 4.25. The molecule has 0 saturated carbocycles. The van der Waals surface area contributed by atoms with Gasteiger partial charge in [-0.1, -0.05) is 0 Å². The van der Waals surface area contributed by atoms with Crippen molar-refractivity contribution >= 4 is 23.5 Å². The standard InChI is InChI=1S/C22H21F5N6O3/c1-3-33-19(35)16-17(22(25,26)27)36-9-21(16,32-20(33)28)12-6-11(4-5-13(12)24)31-18(34)15-8-29-14(7-30-15)10(2)23/h4-8,10,16-17H,3,9H2,1-2H3,(H2,28,32)(H,31,34)/t10?,16-,17-,21+/m0/s1. The maximum absolute atomic E-state index is 15.1. The normalized spacial score (nSPS) is 24.8. The summed E-state index contributed by atoms with van der Waals surface area (Å²) in [5.41, 5.74) is 3.16. The highest BCUT2D eigenvalue weighted by Gasteiger charge is 2.66. The Labute approximate surface area is 201 Å². The number of nitrogens with two attached hydrogens (primary N) is 1. The van der Waals surface area contributed by atoms with Crippen LogP contribution in [0.25, 0.3) is 0 Å². The van der Waals surface area contributed by atoms with Gasteiger partial charge in [0.25, 0.3) is 5.91 Å². The van der Waals surface area contributed by atoms with Crippen LogP contribution in [0.1, 0.15) is 41.8 Å². The fourth-order valence-corrected chi connectivity index (χ4v) is 4.33. The van der Waals surface area contributed by atoms with Crippen molar-refractivity contribution in [3.8, 4) is 0 Å². The summed E-state index contributed by atoms with van der Waals surface area (Å²) in [6.07, 6.45) is -6.75. The fourth-order valence-electron chi connectivity index (χ4n) is 4.33. The molecule has 2 amide bonds. The van der Waals surface area contributed by atoms with Gasteiger partial charge < -0.3 is 15.8 Å². The lowest BCUT2D eigenvalue weighted by atomic mass is 9.75. The first-order valence-corrected chi connectivity index (χ1v) is 10.8. The highest BCUT2D eigenvalue weighted by atomic mass is 19.4. The fraction of sp³-hybridized carbons (Fsp3) is 0.409. The number of amides is 2. The minimum Gasteiger partial charge on any atom is -0.369 e. The number of rotatable bonds is 5. The molecule has 1 saturated heterocycles. The van der Waals surface area contributed by atoms with E-state index in [-0.39, 0.29) is 29.6 Å². The summed E-state index contributed by atoms with van der Waals surface area (Å²) in [7, 11) is 0. The van der Waals surface area contributed by atoms with Gasteiger partial charge in [-0.05, 0) is 32.0 Å². The number of carbonyl (C=O) groups is 2. The number of halogens is 5. The molecule has 1 aromatic heterocycles. The topological polar surface area (TPSA) is 123 Å². The molecule has 4 rings (SSSR count). The van der Waals surface area contributed by atoms with Gasteiger partial charge in [-0.25, -0.2) is 18.8 Å². The van der Waals surface area contributed by atoms with Crippen molar-refractivity contribution in [2.24, 2.45) is 16.6 Å². The second-order valence-electron chi connectivity index (χ2n) is 8.32. The van der Waals surface area contributed by atoms with Crippen LogP contribution in [0.2, 0.25) is 0 Å². The zero-order chi connectivity index (χ0) is 26.4. The van der Waals surface area contributed by atoms with Gasteiger partial charge in [0.05, 0.1) is 24.7 Å². The molecule has 2 aromatic rings. The number of hydrogen-bond donors (Lipinski definition) is 2. The van der Waals surface area contributed by atoms with E-state index in [0.29, 0.717) is 0 Å². The van der Waals surface area contributed by atoms with E-state index in [4.69, 9.17) is 10.5 Å². The van der Waals surface area contributed by atoms with Gasteiger partial charge in [0.2, 0.25) is 5.91 Å². The van der Waals surface area contributed by atoms with E-state index in [1.807, 2.05) is 0 Å². The summed E-state index contributed by atoms with van der Waals surface area (Å²) in [4.78, 5) is 38.3. The second-order valence-corrected chi connectivity index (χ2v) is 8.32. The third-order valence-corrected chi connectivity index (χ3v) is 6.06. The SMILES string of the molecule is CCN1C(=O)[C@@H]2[C@@H](C(F)(F)F)OC[C@]2(c2cc(NC(=O)c3cnc(C(C)F)cn3)ccc2F)N=C1N. The molecule has 1 unspecified atom stereocenters. The van der Waals surface area contributed by atoms with E-state index in [1.165, 1.54) is 19.9 Å². The van der Waals surface area contributed by atoms with Crippen LogP contribution in [0.5, 0.6) is 0 Å². The largest absolute Gasteiger partial charge is 0.415 e. The van der Waals surface area contributed by atoms with Crippen LogP contribution in [0, 0.1) is 11.7 Å². The number of ether oxygens (including phenoxy) is 1. The minimum atomic E-state index is -4.94. The first-order chi connectivity index (χ1) is 16.9. The van der Waals surface area contributed by atoms with E-state index in [2.05, 4.69) is 20.3 Å². The molecular formula is C22H21F5N6O3. The van der Waals surface area contributed by atoms with Gasteiger partial charge in [-0.2, -0.15) is 13.2 Å². The van der Waals surface area contributed by atoms with Crippen molar-refractivity contribution in [3.05, 3.63) is 53.4 Å². The summed E-state index contributed by atoms with van der Waals surface area (Å²) in [5.74, 6) is -5.08. The zero-order valence-electron chi connectivity index (χ0n) is 19.0. The lowest BCUT2D eigenvalue weighted by molar-refractivity contribution is -0.218. The van der Waals surface area contributed by atoms with Crippen molar-refractivity contribution in [3.63, 3.8) is 0 Å². The molecule has 1 fully saturated rings. The number of alkyl halides is 4. The van der Waals surface area contributed by atoms with Crippen molar-refractivity contribution in [1.29, 1.82) is 0 Å². The molecule has 0 spiro atoms. The van der Waals surface area contributed by atoms with Crippen LogP contribution in [0.3, 0.4) is 0 Å². The molecule has 36 heavy (non-hydrogen) atoms. The average Bonchev–Trinajstić information content (AvgIpc) is 3.21. The Morgan fingerprint density at radius 2 is 2.06 bits per heavy atom. The number of anilines is 1. The van der Waals surface area contributed by atoms with E-state index in [0.717, 1.165) is 29.4 Å². The van der Waals surface area contributed by atoms with Gasteiger partial charge >= 0.3 is 6.18 Å². The number of aromatic nitrogens is 2. The number of fused-ring (bicyclic) bond motifs is 1. The smallest absolute Gasteiger partial charge is 0.369 e. The Hall–Kier alpha value is -3.68. The second kappa shape index (κ2) is 9.08. The number of nitrogens with one attached hydrogen (secondary N) is 1. The summed E-state index contributed by atoms with van der Waals surface area (Å²) in [5, 5.41) is 2.43. The first kappa shape index (κ1) is 25.4. The summed E-state index contributed by atoms with van der Waals surface area (Å²) in [6, 6.07) is 3.15. The van der Waals surface area contributed by atoms with Gasteiger partial charge in [-0.15, -0.1) is 0 Å². The lowest BCUT2D eigenvalue weighted by Gasteiger charge is -2.40. The Balaban J connectivity index is 1.74. The maximum atomic E-state index is 15.1. The molecule has 9 nitrogen and oxygen atoms in total. The molecule has 0 radical (unpaired) electrons. The molecule has 1 aromatic carbocycles. The number of guanidine groups is 1. The van der Waals surface area contributed by atoms with E-state index >= 15 is 4.39 Å². The van der Waals surface area contributed by atoms with Crippen LogP contribution in [-0.2, 0) is 15.1 Å². The van der Waals surface area contributed by atoms with Crippen LogP contribution >= 0.6 is 0 Å². The third-order valence-electron chi connectivity index (χ3n) is 6.06. The summed E-state index contributed by atoms with van der Waals surface area (Å²) >= 11 is 0. The molecule has 0 bridgehead atoms. The Bertz CT molecular complexity index is 1220. The molecule has 3 N–H and O–H groups in total. The molecule has 4 atom stereocenters. The summed E-state index contributed by atoms with van der Waals surface area (Å²) < 4.78 is 74.7. The molecule has 14 heteroatoms. The number of nitrogens with zero attached hydrogens (tertiary/aromatic N) is 4. The van der Waals surface area contributed by atoms with Crippen molar-refractivity contribution in [1.82, 2.24) is 14.9 Å². The highest BCUT2D eigenvalue weighted by Crippen LogP contribution is 2.51. The predicted octanol–water partition coefficient (Wildman–Crippen LogP) is 2.85. The molecule has 192 valence electrons. The molecular weight excluding hydrogens is 491 g/mol. The van der Waals surface area contributed by atoms with Gasteiger partial charge in [0.1, 0.15) is 29.1 Å². The van der Waals surface area contributed by atoms with E-state index < -0.39 is 59.7 Å². The Morgan fingerprint density at radius 1 is 1.33 bits per heavy atom. The molecule has 2 aliphatic rings. The maximum Gasteiger partial charge on any atom is 0.415 e. The van der Waals surface area contributed by atoms with Gasteiger partial charge in [0.15, 0.2) is 12.1 Å². The minimum absolute atomic E-state index is 0.0137. The predicted molar refractivity (Wildman–Crippen MR) is 116 cm³/mol. The number of hydrogen-bond acceptors (Lipinski definition) is 7. The highest BCUT2D eigenvalue weighted by molar-refractivity contribution is 6.03.